The number of anilines is 1. The second kappa shape index (κ2) is 5.35. The van der Waals surface area contributed by atoms with Gasteiger partial charge in [0, 0.05) is 25.4 Å². The zero-order chi connectivity index (χ0) is 12.3. The average molecular weight is 255 g/mol. The van der Waals surface area contributed by atoms with E-state index in [2.05, 4.69) is 15.6 Å². The van der Waals surface area contributed by atoms with E-state index in [4.69, 9.17) is 4.74 Å². The number of nitrogens with one attached hydrogen (secondary N) is 2. The van der Waals surface area contributed by atoms with Gasteiger partial charge in [0.1, 0.15) is 11.8 Å². The molecule has 2 heterocycles. The van der Waals surface area contributed by atoms with Gasteiger partial charge in [-0.2, -0.15) is 0 Å². The number of ether oxygens (including phenoxy) is 1. The quantitative estimate of drug-likeness (QED) is 0.758. The molecule has 1 aliphatic heterocycles. The summed E-state index contributed by atoms with van der Waals surface area (Å²) >= 11 is 1.23. The Bertz CT molecular complexity index is 426. The van der Waals surface area contributed by atoms with Crippen LogP contribution in [0.2, 0.25) is 0 Å². The Morgan fingerprint density at radius 2 is 2.47 bits per heavy atom. The second-order valence-electron chi connectivity index (χ2n) is 3.65. The summed E-state index contributed by atoms with van der Waals surface area (Å²) in [6.07, 6.45) is -0.492. The van der Waals surface area contributed by atoms with Crippen LogP contribution in [-0.4, -0.2) is 42.5 Å². The Labute approximate surface area is 102 Å². The van der Waals surface area contributed by atoms with Gasteiger partial charge in [0.15, 0.2) is 10.9 Å². The third kappa shape index (κ3) is 3.09. The lowest BCUT2D eigenvalue weighted by Gasteiger charge is -2.22. The van der Waals surface area contributed by atoms with Gasteiger partial charge < -0.3 is 10.1 Å². The van der Waals surface area contributed by atoms with Crippen molar-refractivity contribution in [3.8, 4) is 0 Å². The minimum atomic E-state index is -0.492. The van der Waals surface area contributed by atoms with E-state index in [9.17, 15) is 9.59 Å². The first-order valence-corrected chi connectivity index (χ1v) is 6.14. The summed E-state index contributed by atoms with van der Waals surface area (Å²) in [6, 6.07) is 0. The van der Waals surface area contributed by atoms with Gasteiger partial charge in [-0.1, -0.05) is 0 Å². The highest BCUT2D eigenvalue weighted by atomic mass is 32.1. The molecule has 1 amide bonds. The molecule has 92 valence electrons. The summed E-state index contributed by atoms with van der Waals surface area (Å²) in [4.78, 5) is 26.8. The molecule has 0 aromatic carbocycles. The van der Waals surface area contributed by atoms with Gasteiger partial charge in [-0.05, 0) is 0 Å². The van der Waals surface area contributed by atoms with Crippen LogP contribution in [0.15, 0.2) is 5.38 Å². The Hall–Kier alpha value is -1.31. The topological polar surface area (TPSA) is 80.3 Å². The predicted octanol–water partition coefficient (Wildman–Crippen LogP) is 0.273. The van der Waals surface area contributed by atoms with Crippen molar-refractivity contribution in [3.63, 3.8) is 0 Å². The lowest BCUT2D eigenvalue weighted by Crippen LogP contribution is -2.45. The molecule has 6 nitrogen and oxygen atoms in total. The molecule has 1 atom stereocenters. The van der Waals surface area contributed by atoms with E-state index in [0.29, 0.717) is 24.0 Å². The summed E-state index contributed by atoms with van der Waals surface area (Å²) in [5.41, 5.74) is 0.369. The van der Waals surface area contributed by atoms with Crippen LogP contribution in [0.1, 0.15) is 17.4 Å². The number of hydrogen-bond acceptors (Lipinski definition) is 6. The Morgan fingerprint density at radius 3 is 3.06 bits per heavy atom. The SMILES string of the molecule is CC(=O)c1csc(NC(=O)C2CNCCO2)n1. The molecule has 0 saturated carbocycles. The van der Waals surface area contributed by atoms with Crippen molar-refractivity contribution < 1.29 is 14.3 Å². The van der Waals surface area contributed by atoms with Gasteiger partial charge >= 0.3 is 0 Å². The largest absolute Gasteiger partial charge is 0.366 e. The fourth-order valence-corrected chi connectivity index (χ4v) is 2.17. The molecule has 1 saturated heterocycles. The minimum absolute atomic E-state index is 0.114. The fraction of sp³-hybridized carbons (Fsp3) is 0.500. The highest BCUT2D eigenvalue weighted by Gasteiger charge is 2.22. The van der Waals surface area contributed by atoms with Crippen molar-refractivity contribution >= 4 is 28.2 Å². The van der Waals surface area contributed by atoms with Gasteiger partial charge in [-0.25, -0.2) is 4.98 Å². The number of nitrogens with zero attached hydrogens (tertiary/aromatic N) is 1. The summed E-state index contributed by atoms with van der Waals surface area (Å²) in [5, 5.41) is 7.75. The molecular formula is C10H13N3O3S. The molecule has 7 heteroatoms. The number of carbonyl (C=O) groups is 2. The van der Waals surface area contributed by atoms with Crippen LogP contribution in [0.4, 0.5) is 5.13 Å². The summed E-state index contributed by atoms with van der Waals surface area (Å²) in [5.74, 6) is -0.348. The monoisotopic (exact) mass is 255 g/mol. The van der Waals surface area contributed by atoms with Crippen LogP contribution in [-0.2, 0) is 9.53 Å². The Kier molecular flexibility index (Phi) is 3.82. The summed E-state index contributed by atoms with van der Waals surface area (Å²) in [6.45, 7) is 3.22. The van der Waals surface area contributed by atoms with Crippen molar-refractivity contribution in [2.75, 3.05) is 25.0 Å². The predicted molar refractivity (Wildman–Crippen MR) is 63.4 cm³/mol. The van der Waals surface area contributed by atoms with E-state index in [1.54, 1.807) is 5.38 Å². The number of amides is 1. The first-order chi connectivity index (χ1) is 8.16. The molecule has 1 aromatic rings. The maximum Gasteiger partial charge on any atom is 0.256 e. The summed E-state index contributed by atoms with van der Waals surface area (Å²) < 4.78 is 5.30. The normalized spacial score (nSPS) is 19.9. The number of aromatic nitrogens is 1. The number of rotatable bonds is 3. The van der Waals surface area contributed by atoms with Gasteiger partial charge in [0.25, 0.3) is 5.91 Å². The summed E-state index contributed by atoms with van der Waals surface area (Å²) in [7, 11) is 0. The van der Waals surface area contributed by atoms with E-state index in [1.165, 1.54) is 18.3 Å². The minimum Gasteiger partial charge on any atom is -0.366 e. The van der Waals surface area contributed by atoms with Crippen LogP contribution in [0.5, 0.6) is 0 Å². The standard InChI is InChI=1S/C10H13N3O3S/c1-6(14)7-5-17-10(12-7)13-9(15)8-4-11-2-3-16-8/h5,8,11H,2-4H2,1H3,(H,12,13,15). The van der Waals surface area contributed by atoms with Crippen molar-refractivity contribution in [1.29, 1.82) is 0 Å². The fourth-order valence-electron chi connectivity index (χ4n) is 1.41. The number of Topliss-reactive ketones (excluding diaryl/α,β-unsaturated/α-hetero) is 1. The van der Waals surface area contributed by atoms with Crippen LogP contribution >= 0.6 is 11.3 Å². The average Bonchev–Trinajstić information content (AvgIpc) is 2.79. The third-order valence-corrected chi connectivity index (χ3v) is 3.07. The van der Waals surface area contributed by atoms with Crippen molar-refractivity contribution in [3.05, 3.63) is 11.1 Å². The molecule has 0 bridgehead atoms. The molecular weight excluding hydrogens is 242 g/mol. The van der Waals surface area contributed by atoms with E-state index < -0.39 is 6.10 Å². The number of morpholine rings is 1. The molecule has 2 N–H and O–H groups in total. The molecule has 1 unspecified atom stereocenters. The Balaban J connectivity index is 1.94. The van der Waals surface area contributed by atoms with Crippen molar-refractivity contribution in [1.82, 2.24) is 10.3 Å². The maximum atomic E-state index is 11.8. The third-order valence-electron chi connectivity index (χ3n) is 2.32. The van der Waals surface area contributed by atoms with Crippen LogP contribution in [0, 0.1) is 0 Å². The molecule has 1 aromatic heterocycles. The van der Waals surface area contributed by atoms with Crippen LogP contribution < -0.4 is 10.6 Å². The van der Waals surface area contributed by atoms with E-state index in [1.807, 2.05) is 0 Å². The zero-order valence-corrected chi connectivity index (χ0v) is 10.2. The molecule has 1 aliphatic rings. The lowest BCUT2D eigenvalue weighted by molar-refractivity contribution is -0.128. The van der Waals surface area contributed by atoms with Gasteiger partial charge in [0.05, 0.1) is 6.61 Å². The van der Waals surface area contributed by atoms with Gasteiger partial charge in [0.2, 0.25) is 0 Å². The number of ketones is 1. The van der Waals surface area contributed by atoms with Crippen LogP contribution in [0.3, 0.4) is 0 Å². The molecule has 0 spiro atoms. The van der Waals surface area contributed by atoms with Crippen molar-refractivity contribution in [2.24, 2.45) is 0 Å². The maximum absolute atomic E-state index is 11.8. The van der Waals surface area contributed by atoms with Gasteiger partial charge in [-0.3, -0.25) is 14.9 Å². The first kappa shape index (κ1) is 12.2. The van der Waals surface area contributed by atoms with E-state index in [-0.39, 0.29) is 11.7 Å². The molecule has 17 heavy (non-hydrogen) atoms. The highest BCUT2D eigenvalue weighted by molar-refractivity contribution is 7.14. The zero-order valence-electron chi connectivity index (χ0n) is 9.36. The number of thiazole rings is 1. The molecule has 0 aliphatic carbocycles. The number of hydrogen-bond donors (Lipinski definition) is 2. The van der Waals surface area contributed by atoms with Gasteiger partial charge in [-0.15, -0.1) is 11.3 Å². The molecule has 0 radical (unpaired) electrons. The van der Waals surface area contributed by atoms with E-state index >= 15 is 0 Å². The molecule has 1 fully saturated rings. The second-order valence-corrected chi connectivity index (χ2v) is 4.50. The smallest absolute Gasteiger partial charge is 0.256 e. The van der Waals surface area contributed by atoms with E-state index in [0.717, 1.165) is 6.54 Å². The van der Waals surface area contributed by atoms with Crippen molar-refractivity contribution in [2.45, 2.75) is 13.0 Å². The lowest BCUT2D eigenvalue weighted by atomic mass is 10.3. The highest BCUT2D eigenvalue weighted by Crippen LogP contribution is 2.16. The molecule has 2 rings (SSSR count). The Morgan fingerprint density at radius 1 is 1.65 bits per heavy atom. The van der Waals surface area contributed by atoms with Crippen LogP contribution in [0.25, 0.3) is 0 Å². The first-order valence-electron chi connectivity index (χ1n) is 5.26. The number of carbonyl (C=O) groups excluding carboxylic acids is 2.